The highest BCUT2D eigenvalue weighted by Crippen LogP contribution is 2.33. The van der Waals surface area contributed by atoms with Crippen molar-refractivity contribution in [2.45, 2.75) is 32.2 Å². The van der Waals surface area contributed by atoms with Crippen LogP contribution in [-0.4, -0.2) is 22.0 Å². The van der Waals surface area contributed by atoms with Crippen LogP contribution in [0.4, 0.5) is 4.39 Å². The van der Waals surface area contributed by atoms with Crippen LogP contribution >= 0.6 is 0 Å². The van der Waals surface area contributed by atoms with Crippen LogP contribution in [0.3, 0.4) is 0 Å². The van der Waals surface area contributed by atoms with Gasteiger partial charge in [-0.25, -0.2) is 4.39 Å². The van der Waals surface area contributed by atoms with Gasteiger partial charge in [0.25, 0.3) is 0 Å². The lowest BCUT2D eigenvalue weighted by atomic mass is 9.85. The summed E-state index contributed by atoms with van der Waals surface area (Å²) in [5.74, 6) is -0.157. The Bertz CT molecular complexity index is 304. The third-order valence-electron chi connectivity index (χ3n) is 3.41. The van der Waals surface area contributed by atoms with Crippen molar-refractivity contribution in [3.63, 3.8) is 0 Å². The van der Waals surface area contributed by atoms with Crippen LogP contribution in [0.25, 0.3) is 0 Å². The zero-order valence-corrected chi connectivity index (χ0v) is 12.0. The number of nitrogens with zero attached hydrogens (tertiary/aromatic N) is 1. The molecule has 0 aliphatic carbocycles. The van der Waals surface area contributed by atoms with E-state index in [9.17, 15) is 4.39 Å². The van der Waals surface area contributed by atoms with Gasteiger partial charge in [-0.05, 0) is 37.6 Å². The molecular weight excluding hydrogens is 205 g/mol. The maximum atomic E-state index is 12.9. The minimum atomic E-state index is -0.157. The molecule has 0 amide bonds. The van der Waals surface area contributed by atoms with E-state index in [1.54, 1.807) is 12.1 Å². The van der Waals surface area contributed by atoms with Crippen molar-refractivity contribution in [3.8, 4) is 0 Å². The van der Waals surface area contributed by atoms with E-state index in [-0.39, 0.29) is 11.4 Å². The monoisotopic (exact) mass is 225 g/mol. The molecule has 0 bridgehead atoms. The Kier molecular flexibility index (Phi) is 4.05. The number of hydrogen-bond acceptors (Lipinski definition) is 1. The highest BCUT2D eigenvalue weighted by atomic mass is 28.2. The van der Waals surface area contributed by atoms with Gasteiger partial charge in [0.2, 0.25) is 0 Å². The summed E-state index contributed by atoms with van der Waals surface area (Å²) in [5.41, 5.74) is 1.33. The smallest absolute Gasteiger partial charge is 0.123 e. The van der Waals surface area contributed by atoms with Crippen molar-refractivity contribution in [1.82, 2.24) is 4.57 Å². The molecule has 15 heavy (non-hydrogen) atoms. The summed E-state index contributed by atoms with van der Waals surface area (Å²) in [7, 11) is 3.16. The summed E-state index contributed by atoms with van der Waals surface area (Å²) in [4.78, 5) is 0. The van der Waals surface area contributed by atoms with Gasteiger partial charge in [-0.1, -0.05) is 26.0 Å². The van der Waals surface area contributed by atoms with E-state index in [0.29, 0.717) is 0 Å². The fraction of sp³-hybridized carbons (Fsp3) is 0.500. The Morgan fingerprint density at radius 2 is 1.67 bits per heavy atom. The molecule has 0 unspecified atom stereocenters. The predicted octanol–water partition coefficient (Wildman–Crippen LogP) is 2.05. The van der Waals surface area contributed by atoms with Gasteiger partial charge in [-0.2, -0.15) is 0 Å². The van der Waals surface area contributed by atoms with E-state index in [4.69, 9.17) is 0 Å². The van der Waals surface area contributed by atoms with Crippen molar-refractivity contribution in [2.75, 3.05) is 7.05 Å². The molecule has 0 aromatic heterocycles. The van der Waals surface area contributed by atoms with Crippen LogP contribution < -0.4 is 0 Å². The second kappa shape index (κ2) is 4.90. The second-order valence-electron chi connectivity index (χ2n) is 4.14. The van der Waals surface area contributed by atoms with Crippen molar-refractivity contribution in [1.29, 1.82) is 0 Å². The van der Waals surface area contributed by atoms with E-state index in [1.165, 1.54) is 5.56 Å². The molecule has 1 rings (SSSR count). The van der Waals surface area contributed by atoms with E-state index in [0.717, 1.165) is 23.2 Å². The molecule has 3 heteroatoms. The van der Waals surface area contributed by atoms with Gasteiger partial charge in [0, 0.05) is 5.54 Å². The van der Waals surface area contributed by atoms with Gasteiger partial charge in [0.15, 0.2) is 0 Å². The topological polar surface area (TPSA) is 3.24 Å². The minimum Gasteiger partial charge on any atom is -0.326 e. The molecule has 1 aromatic rings. The van der Waals surface area contributed by atoms with Gasteiger partial charge in [0.1, 0.15) is 5.82 Å². The average Bonchev–Trinajstić information content (AvgIpc) is 2.22. The SMILES string of the molecule is CCC(CC)(c1ccc(F)cc1)N(C)[SiH3]. The molecule has 0 spiro atoms. The Labute approximate surface area is 94.8 Å². The summed E-state index contributed by atoms with van der Waals surface area (Å²) >= 11 is 0. The van der Waals surface area contributed by atoms with Crippen LogP contribution in [0.2, 0.25) is 0 Å². The lowest BCUT2D eigenvalue weighted by Gasteiger charge is -2.39. The molecule has 0 radical (unpaired) electrons. The van der Waals surface area contributed by atoms with Crippen LogP contribution in [0.1, 0.15) is 32.3 Å². The summed E-state index contributed by atoms with van der Waals surface area (Å²) in [6.07, 6.45) is 2.13. The maximum Gasteiger partial charge on any atom is 0.123 e. The van der Waals surface area contributed by atoms with Crippen molar-refractivity contribution >= 4 is 10.4 Å². The maximum absolute atomic E-state index is 12.9. The third-order valence-corrected chi connectivity index (χ3v) is 4.26. The molecule has 84 valence electrons. The molecule has 1 aromatic carbocycles. The van der Waals surface area contributed by atoms with E-state index in [1.807, 2.05) is 12.1 Å². The van der Waals surface area contributed by atoms with Crippen molar-refractivity contribution in [2.24, 2.45) is 0 Å². The first-order chi connectivity index (χ1) is 7.06. The highest BCUT2D eigenvalue weighted by molar-refractivity contribution is 6.04. The first kappa shape index (κ1) is 12.4. The lowest BCUT2D eigenvalue weighted by molar-refractivity contribution is 0.207. The average molecular weight is 225 g/mol. The highest BCUT2D eigenvalue weighted by Gasteiger charge is 2.30. The quantitative estimate of drug-likeness (QED) is 0.709. The number of halogens is 1. The molecule has 0 aliphatic rings. The van der Waals surface area contributed by atoms with Gasteiger partial charge in [-0.15, -0.1) is 0 Å². The molecule has 0 saturated carbocycles. The fourth-order valence-corrected chi connectivity index (χ4v) is 3.20. The molecule has 0 fully saturated rings. The number of rotatable bonds is 4. The standard InChI is InChI=1S/C12H20FNSi/c1-4-12(5-2,14(3)15)10-6-8-11(13)9-7-10/h6-9H,4-5H2,1-3,15H3. The molecule has 0 atom stereocenters. The summed E-state index contributed by atoms with van der Waals surface area (Å²) < 4.78 is 15.2. The Morgan fingerprint density at radius 1 is 1.20 bits per heavy atom. The lowest BCUT2D eigenvalue weighted by Crippen LogP contribution is -2.41. The Hall–Kier alpha value is -0.673. The zero-order valence-electron chi connectivity index (χ0n) is 10.0. The molecule has 0 N–H and O–H groups in total. The van der Waals surface area contributed by atoms with Gasteiger partial charge in [-0.3, -0.25) is 0 Å². The molecule has 0 saturated heterocycles. The van der Waals surface area contributed by atoms with Gasteiger partial charge >= 0.3 is 0 Å². The van der Waals surface area contributed by atoms with Gasteiger partial charge < -0.3 is 4.57 Å². The second-order valence-corrected chi connectivity index (χ2v) is 5.48. The first-order valence-electron chi connectivity index (χ1n) is 5.50. The first-order valence-corrected chi connectivity index (χ1v) is 6.39. The molecule has 0 heterocycles. The normalized spacial score (nSPS) is 12.3. The predicted molar refractivity (Wildman–Crippen MR) is 66.4 cm³/mol. The van der Waals surface area contributed by atoms with Crippen molar-refractivity contribution in [3.05, 3.63) is 35.6 Å². The third kappa shape index (κ3) is 2.29. The number of hydrogen-bond donors (Lipinski definition) is 0. The van der Waals surface area contributed by atoms with E-state index in [2.05, 4.69) is 25.5 Å². The Balaban J connectivity index is 3.14. The molecule has 1 nitrogen and oxygen atoms in total. The minimum absolute atomic E-state index is 0.0971. The largest absolute Gasteiger partial charge is 0.326 e. The summed E-state index contributed by atoms with van der Waals surface area (Å²) in [5, 5.41) is 0. The summed E-state index contributed by atoms with van der Waals surface area (Å²) in [6, 6.07) is 6.94. The van der Waals surface area contributed by atoms with Crippen LogP contribution in [0.5, 0.6) is 0 Å². The molecule has 0 aliphatic heterocycles. The van der Waals surface area contributed by atoms with Crippen molar-refractivity contribution < 1.29 is 4.39 Å². The van der Waals surface area contributed by atoms with E-state index >= 15 is 0 Å². The van der Waals surface area contributed by atoms with Crippen LogP contribution in [0, 0.1) is 5.82 Å². The van der Waals surface area contributed by atoms with Crippen LogP contribution in [0.15, 0.2) is 24.3 Å². The van der Waals surface area contributed by atoms with E-state index < -0.39 is 0 Å². The summed E-state index contributed by atoms with van der Waals surface area (Å²) in [6.45, 7) is 4.39. The molecular formula is C12H20FNSi. The van der Waals surface area contributed by atoms with Gasteiger partial charge in [0.05, 0.1) is 10.4 Å². The Morgan fingerprint density at radius 3 is 2.00 bits per heavy atom. The number of benzene rings is 1. The zero-order chi connectivity index (χ0) is 11.5. The van der Waals surface area contributed by atoms with Crippen LogP contribution in [-0.2, 0) is 5.54 Å². The fourth-order valence-electron chi connectivity index (χ4n) is 2.31.